The molecular formula is C15H20F2N2O. The van der Waals surface area contributed by atoms with E-state index in [-0.39, 0.29) is 17.9 Å². The van der Waals surface area contributed by atoms with Crippen LogP contribution in [-0.2, 0) is 4.79 Å². The smallest absolute Gasteiger partial charge is 0.222 e. The molecule has 0 bridgehead atoms. The van der Waals surface area contributed by atoms with Gasteiger partial charge in [0, 0.05) is 23.6 Å². The Kier molecular flexibility index (Phi) is 4.38. The topological polar surface area (TPSA) is 55.1 Å². The van der Waals surface area contributed by atoms with Crippen molar-refractivity contribution in [2.24, 2.45) is 5.73 Å². The van der Waals surface area contributed by atoms with Crippen molar-refractivity contribution in [3.05, 3.63) is 35.4 Å². The Morgan fingerprint density at radius 2 is 2.05 bits per heavy atom. The van der Waals surface area contributed by atoms with Crippen molar-refractivity contribution in [3.8, 4) is 0 Å². The molecule has 3 nitrogen and oxygen atoms in total. The van der Waals surface area contributed by atoms with Crippen molar-refractivity contribution in [1.29, 1.82) is 0 Å². The molecule has 3 N–H and O–H groups in total. The van der Waals surface area contributed by atoms with E-state index in [1.807, 2.05) is 0 Å². The predicted octanol–water partition coefficient (Wildman–Crippen LogP) is 2.80. The number of carbonyl (C=O) groups excluding carboxylic acids is 1. The van der Waals surface area contributed by atoms with E-state index in [4.69, 9.17) is 5.73 Å². The Balaban J connectivity index is 1.96. The summed E-state index contributed by atoms with van der Waals surface area (Å²) >= 11 is 0. The highest BCUT2D eigenvalue weighted by Crippen LogP contribution is 2.30. The number of nitrogens with two attached hydrogens (primary N) is 1. The van der Waals surface area contributed by atoms with Crippen LogP contribution < -0.4 is 11.1 Å². The Bertz CT molecular complexity index is 499. The lowest BCUT2D eigenvalue weighted by atomic mass is 9.94. The van der Waals surface area contributed by atoms with Gasteiger partial charge in [0.1, 0.15) is 11.6 Å². The summed E-state index contributed by atoms with van der Waals surface area (Å²) in [6.45, 7) is 1.67. The van der Waals surface area contributed by atoms with E-state index in [1.54, 1.807) is 6.92 Å². The van der Waals surface area contributed by atoms with E-state index in [0.29, 0.717) is 0 Å². The Morgan fingerprint density at radius 1 is 1.40 bits per heavy atom. The molecule has 2 rings (SSSR count). The highest BCUT2D eigenvalue weighted by molar-refractivity contribution is 5.77. The Labute approximate surface area is 117 Å². The molecule has 110 valence electrons. The summed E-state index contributed by atoms with van der Waals surface area (Å²) in [4.78, 5) is 12.0. The molecule has 1 aliphatic rings. The van der Waals surface area contributed by atoms with Gasteiger partial charge in [-0.3, -0.25) is 4.79 Å². The van der Waals surface area contributed by atoms with Gasteiger partial charge in [0.05, 0.1) is 6.04 Å². The second-order valence-electron chi connectivity index (χ2n) is 5.70. The van der Waals surface area contributed by atoms with Crippen molar-refractivity contribution >= 4 is 5.91 Å². The van der Waals surface area contributed by atoms with Gasteiger partial charge in [-0.05, 0) is 25.8 Å². The number of amides is 1. The lowest BCUT2D eigenvalue weighted by molar-refractivity contribution is -0.122. The van der Waals surface area contributed by atoms with E-state index in [0.717, 1.165) is 31.7 Å². The van der Waals surface area contributed by atoms with Crippen molar-refractivity contribution in [2.45, 2.75) is 50.6 Å². The molecule has 5 heteroatoms. The minimum atomic E-state index is -0.652. The summed E-state index contributed by atoms with van der Waals surface area (Å²) in [5, 5.41) is 2.73. The molecule has 1 aliphatic carbocycles. The zero-order valence-electron chi connectivity index (χ0n) is 11.6. The molecule has 0 aliphatic heterocycles. The fourth-order valence-corrected chi connectivity index (χ4v) is 2.80. The first kappa shape index (κ1) is 14.9. The number of hydrogen-bond donors (Lipinski definition) is 2. The molecule has 1 amide bonds. The molecule has 20 heavy (non-hydrogen) atoms. The molecule has 1 fully saturated rings. The first-order chi connectivity index (χ1) is 9.39. The van der Waals surface area contributed by atoms with Crippen LogP contribution in [0.1, 0.15) is 50.6 Å². The van der Waals surface area contributed by atoms with Crippen LogP contribution in [0, 0.1) is 11.6 Å². The maximum absolute atomic E-state index is 13.6. The summed E-state index contributed by atoms with van der Waals surface area (Å²) in [6.07, 6.45) is 4.04. The van der Waals surface area contributed by atoms with Gasteiger partial charge >= 0.3 is 0 Å². The molecular weight excluding hydrogens is 262 g/mol. The van der Waals surface area contributed by atoms with E-state index in [1.165, 1.54) is 12.1 Å². The zero-order valence-corrected chi connectivity index (χ0v) is 11.6. The highest BCUT2D eigenvalue weighted by atomic mass is 19.1. The molecule has 0 radical (unpaired) electrons. The lowest BCUT2D eigenvalue weighted by Crippen LogP contribution is -2.42. The summed E-state index contributed by atoms with van der Waals surface area (Å²) in [5.74, 6) is -1.47. The average Bonchev–Trinajstić information content (AvgIpc) is 2.74. The van der Waals surface area contributed by atoms with Gasteiger partial charge in [-0.15, -0.1) is 0 Å². The Morgan fingerprint density at radius 3 is 2.65 bits per heavy atom. The molecule has 0 saturated heterocycles. The van der Waals surface area contributed by atoms with Crippen molar-refractivity contribution < 1.29 is 13.6 Å². The average molecular weight is 282 g/mol. The van der Waals surface area contributed by atoms with Gasteiger partial charge in [0.15, 0.2) is 0 Å². The van der Waals surface area contributed by atoms with E-state index in [2.05, 4.69) is 5.32 Å². The second-order valence-corrected chi connectivity index (χ2v) is 5.70. The van der Waals surface area contributed by atoms with Crippen LogP contribution in [0.5, 0.6) is 0 Å². The van der Waals surface area contributed by atoms with E-state index >= 15 is 0 Å². The minimum absolute atomic E-state index is 0.189. The first-order valence-corrected chi connectivity index (χ1v) is 6.93. The summed E-state index contributed by atoms with van der Waals surface area (Å²) in [7, 11) is 0. The van der Waals surface area contributed by atoms with E-state index in [9.17, 15) is 13.6 Å². The standard InChI is InChI=1S/C15H20F2N2O/c1-10(12-5-4-11(16)8-13(12)17)19-14(20)9-15(18)6-2-3-7-15/h4-5,8,10H,2-3,6-7,9,18H2,1H3,(H,19,20). The lowest BCUT2D eigenvalue weighted by Gasteiger charge is -2.24. The Hall–Kier alpha value is -1.49. The maximum Gasteiger partial charge on any atom is 0.222 e. The normalized spacial score (nSPS) is 18.8. The molecule has 1 aromatic rings. The van der Waals surface area contributed by atoms with Crippen LogP contribution in [0.15, 0.2) is 18.2 Å². The summed E-state index contributed by atoms with van der Waals surface area (Å²) in [6, 6.07) is 2.85. The molecule has 1 unspecified atom stereocenters. The van der Waals surface area contributed by atoms with Crippen molar-refractivity contribution in [2.75, 3.05) is 0 Å². The third-order valence-corrected chi connectivity index (χ3v) is 3.92. The first-order valence-electron chi connectivity index (χ1n) is 6.93. The number of benzene rings is 1. The SMILES string of the molecule is CC(NC(=O)CC1(N)CCCC1)c1ccc(F)cc1F. The highest BCUT2D eigenvalue weighted by Gasteiger charge is 2.32. The monoisotopic (exact) mass is 282 g/mol. The predicted molar refractivity (Wildman–Crippen MR) is 72.9 cm³/mol. The number of rotatable bonds is 4. The molecule has 0 aromatic heterocycles. The van der Waals surface area contributed by atoms with Crippen LogP contribution in [0.25, 0.3) is 0 Å². The van der Waals surface area contributed by atoms with Gasteiger partial charge < -0.3 is 11.1 Å². The number of carbonyl (C=O) groups is 1. The van der Waals surface area contributed by atoms with Gasteiger partial charge in [-0.1, -0.05) is 18.9 Å². The van der Waals surface area contributed by atoms with Gasteiger partial charge in [0.2, 0.25) is 5.91 Å². The van der Waals surface area contributed by atoms with Crippen LogP contribution in [0.2, 0.25) is 0 Å². The number of halogens is 2. The van der Waals surface area contributed by atoms with Crippen LogP contribution in [0.3, 0.4) is 0 Å². The summed E-state index contributed by atoms with van der Waals surface area (Å²) in [5.41, 5.74) is 5.99. The zero-order chi connectivity index (χ0) is 14.8. The van der Waals surface area contributed by atoms with Crippen LogP contribution in [0.4, 0.5) is 8.78 Å². The molecule has 0 spiro atoms. The van der Waals surface area contributed by atoms with E-state index < -0.39 is 23.2 Å². The molecule has 0 heterocycles. The van der Waals surface area contributed by atoms with Crippen LogP contribution >= 0.6 is 0 Å². The van der Waals surface area contributed by atoms with Gasteiger partial charge in [-0.25, -0.2) is 8.78 Å². The minimum Gasteiger partial charge on any atom is -0.349 e. The number of nitrogens with one attached hydrogen (secondary N) is 1. The van der Waals surface area contributed by atoms with Gasteiger partial charge in [-0.2, -0.15) is 0 Å². The summed E-state index contributed by atoms with van der Waals surface area (Å²) < 4.78 is 26.5. The quantitative estimate of drug-likeness (QED) is 0.892. The molecule has 1 atom stereocenters. The third kappa shape index (κ3) is 3.54. The second kappa shape index (κ2) is 5.87. The van der Waals surface area contributed by atoms with Crippen molar-refractivity contribution in [3.63, 3.8) is 0 Å². The van der Waals surface area contributed by atoms with Gasteiger partial charge in [0.25, 0.3) is 0 Å². The fraction of sp³-hybridized carbons (Fsp3) is 0.533. The van der Waals surface area contributed by atoms with Crippen molar-refractivity contribution in [1.82, 2.24) is 5.32 Å². The number of hydrogen-bond acceptors (Lipinski definition) is 2. The largest absolute Gasteiger partial charge is 0.349 e. The fourth-order valence-electron chi connectivity index (χ4n) is 2.80. The van der Waals surface area contributed by atoms with Crippen LogP contribution in [-0.4, -0.2) is 11.4 Å². The maximum atomic E-state index is 13.6. The molecule has 1 aromatic carbocycles. The third-order valence-electron chi connectivity index (χ3n) is 3.92. The molecule has 1 saturated carbocycles.